The van der Waals surface area contributed by atoms with Crippen molar-refractivity contribution < 1.29 is 14.1 Å². The van der Waals surface area contributed by atoms with Crippen LogP contribution >= 0.6 is 8.15 Å². The summed E-state index contributed by atoms with van der Waals surface area (Å²) in [5.74, 6) is -0.453. The summed E-state index contributed by atoms with van der Waals surface area (Å²) >= 11 is 0. The second-order valence-corrected chi connectivity index (χ2v) is 6.14. The van der Waals surface area contributed by atoms with Crippen molar-refractivity contribution in [2.75, 3.05) is 7.11 Å². The van der Waals surface area contributed by atoms with Gasteiger partial charge in [0.15, 0.2) is 0 Å². The summed E-state index contributed by atoms with van der Waals surface area (Å²) in [5, 5.41) is 1.09. The molecule has 4 heteroatoms. The summed E-state index contributed by atoms with van der Waals surface area (Å²) < 4.78 is 10.2. The summed E-state index contributed by atoms with van der Waals surface area (Å²) in [6.45, 7) is 7.71. The Morgan fingerprint density at radius 2 is 1.88 bits per heavy atom. The van der Waals surface area contributed by atoms with E-state index < -0.39 is 14.1 Å². The SMILES string of the molecule is C=C(OP(c1ccccc1)C(C)C)C(=O)OC. The number of ether oxygens (including phenoxy) is 1. The van der Waals surface area contributed by atoms with Crippen molar-refractivity contribution >= 4 is 19.4 Å². The molecule has 1 unspecified atom stereocenters. The van der Waals surface area contributed by atoms with Gasteiger partial charge in [0.1, 0.15) is 8.15 Å². The monoisotopic (exact) mass is 252 g/mol. The molecule has 1 aromatic rings. The molecule has 92 valence electrons. The Morgan fingerprint density at radius 1 is 1.29 bits per heavy atom. The molecule has 1 aromatic carbocycles. The third kappa shape index (κ3) is 3.86. The fourth-order valence-corrected chi connectivity index (χ4v) is 2.99. The standard InChI is InChI=1S/C13H17O3P/c1-10(2)17(12-8-6-5-7-9-12)16-11(3)13(14)15-4/h5-10H,3H2,1-2,4H3. The Bertz CT molecular complexity index is 387. The summed E-state index contributed by atoms with van der Waals surface area (Å²) in [5.41, 5.74) is 0.300. The predicted molar refractivity (Wildman–Crippen MR) is 70.4 cm³/mol. The van der Waals surface area contributed by atoms with Crippen LogP contribution in [0.2, 0.25) is 0 Å². The highest BCUT2D eigenvalue weighted by Gasteiger charge is 2.21. The van der Waals surface area contributed by atoms with E-state index in [0.717, 1.165) is 5.30 Å². The molecule has 1 atom stereocenters. The van der Waals surface area contributed by atoms with Gasteiger partial charge in [-0.05, 0) is 6.58 Å². The number of hydrogen-bond donors (Lipinski definition) is 0. The zero-order chi connectivity index (χ0) is 12.8. The molecule has 0 N–H and O–H groups in total. The van der Waals surface area contributed by atoms with E-state index in [0.29, 0.717) is 5.66 Å². The number of methoxy groups -OCH3 is 1. The lowest BCUT2D eigenvalue weighted by atomic mass is 10.4. The number of hydrogen-bond acceptors (Lipinski definition) is 3. The lowest BCUT2D eigenvalue weighted by Crippen LogP contribution is -2.13. The fraction of sp³-hybridized carbons (Fsp3) is 0.308. The average molecular weight is 252 g/mol. The van der Waals surface area contributed by atoms with E-state index in [1.54, 1.807) is 0 Å². The quantitative estimate of drug-likeness (QED) is 0.350. The van der Waals surface area contributed by atoms with Crippen LogP contribution in [0.1, 0.15) is 13.8 Å². The fourth-order valence-electron chi connectivity index (χ4n) is 1.30. The molecule has 1 rings (SSSR count). The van der Waals surface area contributed by atoms with E-state index in [9.17, 15) is 4.79 Å². The van der Waals surface area contributed by atoms with Crippen molar-refractivity contribution in [3.05, 3.63) is 42.7 Å². The van der Waals surface area contributed by atoms with Gasteiger partial charge in [-0.15, -0.1) is 0 Å². The van der Waals surface area contributed by atoms with Crippen LogP contribution in [0.25, 0.3) is 0 Å². The maximum atomic E-state index is 11.3. The van der Waals surface area contributed by atoms with Crippen LogP contribution in [0.5, 0.6) is 0 Å². The minimum atomic E-state index is -0.893. The smallest absolute Gasteiger partial charge is 0.372 e. The summed E-state index contributed by atoms with van der Waals surface area (Å²) in [6.07, 6.45) is 0. The second kappa shape index (κ2) is 6.41. The van der Waals surface area contributed by atoms with Gasteiger partial charge in [0, 0.05) is 11.0 Å². The van der Waals surface area contributed by atoms with E-state index >= 15 is 0 Å². The number of benzene rings is 1. The first kappa shape index (κ1) is 13.7. The molecule has 0 fully saturated rings. The lowest BCUT2D eigenvalue weighted by Gasteiger charge is -2.22. The number of carbonyl (C=O) groups excluding carboxylic acids is 1. The van der Waals surface area contributed by atoms with Gasteiger partial charge < -0.3 is 9.26 Å². The molecule has 0 saturated carbocycles. The van der Waals surface area contributed by atoms with Crippen molar-refractivity contribution in [2.45, 2.75) is 19.5 Å². The van der Waals surface area contributed by atoms with Gasteiger partial charge in [-0.3, -0.25) is 0 Å². The molecule has 0 radical (unpaired) electrons. The molecule has 0 aromatic heterocycles. The minimum absolute atomic E-state index is 0.0659. The van der Waals surface area contributed by atoms with Gasteiger partial charge in [-0.2, -0.15) is 0 Å². The van der Waals surface area contributed by atoms with E-state index in [2.05, 4.69) is 25.2 Å². The highest BCUT2D eigenvalue weighted by atomic mass is 31.1. The Morgan fingerprint density at radius 3 is 2.35 bits per heavy atom. The zero-order valence-corrected chi connectivity index (χ0v) is 11.2. The first-order valence-corrected chi connectivity index (χ1v) is 6.68. The maximum absolute atomic E-state index is 11.3. The molecule has 0 amide bonds. The van der Waals surface area contributed by atoms with Crippen molar-refractivity contribution in [3.63, 3.8) is 0 Å². The molecule has 0 aliphatic rings. The van der Waals surface area contributed by atoms with Crippen LogP contribution in [0.4, 0.5) is 0 Å². The van der Waals surface area contributed by atoms with Crippen molar-refractivity contribution in [1.29, 1.82) is 0 Å². The van der Waals surface area contributed by atoms with Crippen LogP contribution in [0, 0.1) is 0 Å². The predicted octanol–water partition coefficient (Wildman–Crippen LogP) is 2.82. The van der Waals surface area contributed by atoms with Gasteiger partial charge in [-0.25, -0.2) is 4.79 Å². The first-order valence-electron chi connectivity index (χ1n) is 5.35. The second-order valence-electron chi connectivity index (χ2n) is 3.76. The highest BCUT2D eigenvalue weighted by Crippen LogP contribution is 2.43. The molecule has 0 aliphatic carbocycles. The number of carbonyl (C=O) groups is 1. The molecular weight excluding hydrogens is 235 g/mol. The van der Waals surface area contributed by atoms with E-state index in [4.69, 9.17) is 4.52 Å². The van der Waals surface area contributed by atoms with Crippen LogP contribution < -0.4 is 5.30 Å². The van der Waals surface area contributed by atoms with E-state index in [1.165, 1.54) is 7.11 Å². The van der Waals surface area contributed by atoms with Gasteiger partial charge >= 0.3 is 5.97 Å². The van der Waals surface area contributed by atoms with Gasteiger partial charge in [0.05, 0.1) is 7.11 Å². The molecule has 0 saturated heterocycles. The van der Waals surface area contributed by atoms with Gasteiger partial charge in [0.25, 0.3) is 0 Å². The third-order valence-corrected chi connectivity index (χ3v) is 4.26. The summed E-state index contributed by atoms with van der Waals surface area (Å²) in [4.78, 5) is 11.3. The molecule has 0 heterocycles. The minimum Gasteiger partial charge on any atom is -0.463 e. The Hall–Kier alpha value is -1.34. The molecule has 17 heavy (non-hydrogen) atoms. The number of esters is 1. The molecule has 0 bridgehead atoms. The Labute approximate surface area is 103 Å². The van der Waals surface area contributed by atoms with Crippen molar-refractivity contribution in [2.24, 2.45) is 0 Å². The third-order valence-electron chi connectivity index (χ3n) is 2.10. The maximum Gasteiger partial charge on any atom is 0.372 e. The first-order chi connectivity index (χ1) is 8.06. The highest BCUT2D eigenvalue weighted by molar-refractivity contribution is 7.61. The molecule has 0 spiro atoms. The number of rotatable bonds is 5. The van der Waals surface area contributed by atoms with Crippen LogP contribution in [0.15, 0.2) is 42.7 Å². The van der Waals surface area contributed by atoms with Crippen molar-refractivity contribution in [3.8, 4) is 0 Å². The normalized spacial score (nSPS) is 12.0. The average Bonchev–Trinajstić information content (AvgIpc) is 2.35. The van der Waals surface area contributed by atoms with Crippen LogP contribution in [-0.2, 0) is 14.1 Å². The summed E-state index contributed by atoms with van der Waals surface area (Å²) in [7, 11) is 0.424. The molecular formula is C13H17O3P. The topological polar surface area (TPSA) is 35.5 Å². The van der Waals surface area contributed by atoms with E-state index in [1.807, 2.05) is 30.3 Å². The molecule has 3 nitrogen and oxygen atoms in total. The Kier molecular flexibility index (Phi) is 5.17. The lowest BCUT2D eigenvalue weighted by molar-refractivity contribution is -0.138. The van der Waals surface area contributed by atoms with Gasteiger partial charge in [0.2, 0.25) is 5.76 Å². The van der Waals surface area contributed by atoms with Crippen LogP contribution in [-0.4, -0.2) is 18.7 Å². The van der Waals surface area contributed by atoms with Gasteiger partial charge in [-0.1, -0.05) is 44.2 Å². The Balaban J connectivity index is 2.82. The van der Waals surface area contributed by atoms with E-state index in [-0.39, 0.29) is 5.76 Å². The molecule has 0 aliphatic heterocycles. The largest absolute Gasteiger partial charge is 0.463 e. The van der Waals surface area contributed by atoms with Crippen molar-refractivity contribution in [1.82, 2.24) is 0 Å². The summed E-state index contributed by atoms with van der Waals surface area (Å²) in [6, 6.07) is 9.85. The van der Waals surface area contributed by atoms with Crippen LogP contribution in [0.3, 0.4) is 0 Å². The zero-order valence-electron chi connectivity index (χ0n) is 10.3.